The third-order valence-corrected chi connectivity index (χ3v) is 28.8. The quantitative estimate of drug-likeness (QED) is 0.0423. The Kier molecular flexibility index (Phi) is 20.5. The highest BCUT2D eigenvalue weighted by atomic mass is 28.5. The van der Waals surface area contributed by atoms with Crippen molar-refractivity contribution in [2.75, 3.05) is 35.0 Å². The summed E-state index contributed by atoms with van der Waals surface area (Å²) < 4.78 is 49.3. The number of carbonyl (C=O) groups excluding carboxylic acids is 1. The van der Waals surface area contributed by atoms with Gasteiger partial charge in [0, 0.05) is 46.1 Å². The highest BCUT2D eigenvalue weighted by Crippen LogP contribution is 2.32. The lowest BCUT2D eigenvalue weighted by Gasteiger charge is -2.39. The third-order valence-electron chi connectivity index (χ3n) is 7.38. The number of esters is 1. The van der Waals surface area contributed by atoms with Crippen LogP contribution in [0.2, 0.25) is 75.5 Å². The number of hydrogen-bond acceptors (Lipinski definition) is 9. The van der Waals surface area contributed by atoms with Gasteiger partial charge in [-0.1, -0.05) is 39.7 Å². The van der Waals surface area contributed by atoms with Crippen molar-refractivity contribution < 1.29 is 39.6 Å². The van der Waals surface area contributed by atoms with Crippen LogP contribution in [0.4, 0.5) is 0 Å². The van der Waals surface area contributed by atoms with Crippen LogP contribution in [0, 0.1) is 0 Å². The summed E-state index contributed by atoms with van der Waals surface area (Å²) >= 11 is 0. The summed E-state index contributed by atoms with van der Waals surface area (Å²) in [6.07, 6.45) is 4.56. The van der Waals surface area contributed by atoms with Crippen molar-refractivity contribution in [3.05, 3.63) is 12.2 Å². The summed E-state index contributed by atoms with van der Waals surface area (Å²) in [5.74, 6) is -0.263. The van der Waals surface area contributed by atoms with E-state index in [1.54, 1.807) is 28.4 Å². The molecule has 15 heteroatoms. The van der Waals surface area contributed by atoms with E-state index >= 15 is 0 Å². The molecule has 0 bridgehead atoms. The summed E-state index contributed by atoms with van der Waals surface area (Å²) in [5.41, 5.74) is 0.562. The van der Waals surface area contributed by atoms with Crippen LogP contribution in [-0.4, -0.2) is 93.3 Å². The molecule has 0 heterocycles. The van der Waals surface area contributed by atoms with Crippen molar-refractivity contribution in [2.24, 2.45) is 0 Å². The fourth-order valence-electron chi connectivity index (χ4n) is 4.77. The first-order chi connectivity index (χ1) is 19.5. The molecule has 0 unspecified atom stereocenters. The van der Waals surface area contributed by atoms with Crippen LogP contribution in [0.15, 0.2) is 12.2 Å². The Morgan fingerprint density at radius 3 is 1.60 bits per heavy atom. The Labute approximate surface area is 265 Å². The average molecular weight is 701 g/mol. The molecule has 0 amide bonds. The largest absolute Gasteiger partial charge is 0.489 e. The van der Waals surface area contributed by atoms with Crippen LogP contribution in [0.3, 0.4) is 0 Å². The lowest BCUT2D eigenvalue weighted by atomic mass is 10.2. The Balaban J connectivity index is 4.90. The van der Waals surface area contributed by atoms with E-state index in [0.29, 0.717) is 18.6 Å². The predicted octanol–water partition coefficient (Wildman–Crippen LogP) is 6.71. The molecule has 0 saturated carbocycles. The summed E-state index contributed by atoms with van der Waals surface area (Å²) in [4.78, 5) is 11.9. The minimum absolute atomic E-state index is 0.263. The molecule has 250 valence electrons. The molecule has 0 saturated heterocycles. The molecule has 0 aliphatic heterocycles. The number of ether oxygens (including phenoxy) is 1. The van der Waals surface area contributed by atoms with Gasteiger partial charge >= 0.3 is 23.6 Å². The van der Waals surface area contributed by atoms with E-state index in [2.05, 4.69) is 52.8 Å². The Morgan fingerprint density at radius 1 is 0.667 bits per heavy atom. The molecule has 42 heavy (non-hydrogen) atoms. The second-order valence-corrected chi connectivity index (χ2v) is 34.1. The second-order valence-electron chi connectivity index (χ2n) is 12.8. The van der Waals surface area contributed by atoms with Gasteiger partial charge in [0.05, 0.1) is 6.61 Å². The molecule has 0 fully saturated rings. The molecule has 0 aromatic heterocycles. The fourth-order valence-corrected chi connectivity index (χ4v) is 28.0. The smallest absolute Gasteiger partial charge is 0.462 e. The maximum absolute atomic E-state index is 11.9. The fraction of sp³-hybridized carbons (Fsp3) is 0.889. The maximum atomic E-state index is 11.9. The van der Waals surface area contributed by atoms with E-state index in [-0.39, 0.29) is 5.97 Å². The van der Waals surface area contributed by atoms with E-state index in [1.165, 1.54) is 0 Å². The van der Waals surface area contributed by atoms with E-state index in [4.69, 9.17) is 34.8 Å². The minimum atomic E-state index is -2.88. The van der Waals surface area contributed by atoms with Gasteiger partial charge in [0.1, 0.15) is 9.76 Å². The van der Waals surface area contributed by atoms with E-state index in [1.807, 2.05) is 6.92 Å². The standard InChI is InChI=1S/C27H64O9Si6/c1-14-18-26(3)27(28)33-19-16-17-20-37-34-38(8,9)22-24-41(29-4,30-5)36-40(12,13)23-25-42(31-6,32-7)35-39(10,11)21-15-2/h3,14-25,37H2,1-2,4-13H3. The lowest BCUT2D eigenvalue weighted by molar-refractivity contribution is -0.139. The zero-order valence-corrected chi connectivity index (χ0v) is 35.5. The molecule has 0 aliphatic rings. The van der Waals surface area contributed by atoms with E-state index in [9.17, 15) is 4.79 Å². The third kappa shape index (κ3) is 17.1. The van der Waals surface area contributed by atoms with Crippen molar-refractivity contribution in [1.82, 2.24) is 0 Å². The molecule has 0 aromatic rings. The summed E-state index contributed by atoms with van der Waals surface area (Å²) in [6.45, 7) is 21.9. The molecular formula is C27H64O9Si6. The van der Waals surface area contributed by atoms with Crippen LogP contribution in [-0.2, 0) is 39.6 Å². The predicted molar refractivity (Wildman–Crippen MR) is 187 cm³/mol. The van der Waals surface area contributed by atoms with Gasteiger partial charge in [0.15, 0.2) is 25.0 Å². The maximum Gasteiger partial charge on any atom is 0.489 e. The van der Waals surface area contributed by atoms with Crippen molar-refractivity contribution in [2.45, 2.75) is 121 Å². The average Bonchev–Trinajstić information content (AvgIpc) is 2.92. The highest BCUT2D eigenvalue weighted by Gasteiger charge is 2.49. The van der Waals surface area contributed by atoms with Gasteiger partial charge in [-0.3, -0.25) is 0 Å². The van der Waals surface area contributed by atoms with Gasteiger partial charge in [-0.2, -0.15) is 0 Å². The molecule has 0 aromatic carbocycles. The molecule has 9 nitrogen and oxygen atoms in total. The Bertz CT molecular complexity index is 775. The normalized spacial score (nSPS) is 13.7. The van der Waals surface area contributed by atoms with E-state index < -0.39 is 52.3 Å². The van der Waals surface area contributed by atoms with Crippen molar-refractivity contribution in [1.29, 1.82) is 0 Å². The molecule has 0 atom stereocenters. The van der Waals surface area contributed by atoms with Crippen molar-refractivity contribution in [3.8, 4) is 0 Å². The van der Waals surface area contributed by atoms with Gasteiger partial charge < -0.3 is 34.8 Å². The first-order valence-corrected chi connectivity index (χ1v) is 30.4. The SMILES string of the molecule is C=C(CCC)C(=O)OCCCC[SiH2]O[Si](C)(C)CC[Si](OC)(OC)O[Si](C)(C)CC[Si](OC)(OC)O[Si](C)(C)CCC. The Hall–Kier alpha value is 0.231. The summed E-state index contributed by atoms with van der Waals surface area (Å²) in [6, 6.07) is 5.37. The van der Waals surface area contributed by atoms with Crippen LogP contribution in [0.1, 0.15) is 46.0 Å². The number of rotatable bonds is 26. The zero-order valence-electron chi connectivity index (χ0n) is 29.1. The van der Waals surface area contributed by atoms with Crippen LogP contribution in [0.5, 0.6) is 0 Å². The number of hydrogen-bond donors (Lipinski definition) is 0. The molecule has 0 rings (SSSR count). The molecule has 0 radical (unpaired) electrons. The van der Waals surface area contributed by atoms with Gasteiger partial charge in [-0.05, 0) is 76.3 Å². The van der Waals surface area contributed by atoms with Crippen LogP contribution >= 0.6 is 0 Å². The monoisotopic (exact) mass is 700 g/mol. The lowest BCUT2D eigenvalue weighted by Crippen LogP contribution is -2.56. The van der Waals surface area contributed by atoms with Crippen molar-refractivity contribution in [3.63, 3.8) is 0 Å². The van der Waals surface area contributed by atoms with Gasteiger partial charge in [0.2, 0.25) is 0 Å². The zero-order chi connectivity index (χ0) is 32.5. The van der Waals surface area contributed by atoms with Gasteiger partial charge in [0.25, 0.3) is 0 Å². The van der Waals surface area contributed by atoms with E-state index in [0.717, 1.165) is 61.9 Å². The topological polar surface area (TPSA) is 90.9 Å². The van der Waals surface area contributed by atoms with Crippen LogP contribution < -0.4 is 0 Å². The first-order valence-electron chi connectivity index (χ1n) is 15.6. The van der Waals surface area contributed by atoms with Gasteiger partial charge in [-0.25, -0.2) is 4.79 Å². The number of unbranched alkanes of at least 4 members (excludes halogenated alkanes) is 1. The van der Waals surface area contributed by atoms with Crippen LogP contribution in [0.25, 0.3) is 0 Å². The van der Waals surface area contributed by atoms with Crippen molar-refractivity contribution >= 4 is 58.3 Å². The number of carbonyl (C=O) groups is 1. The molecular weight excluding hydrogens is 637 g/mol. The highest BCUT2D eigenvalue weighted by molar-refractivity contribution is 6.84. The summed E-state index contributed by atoms with van der Waals surface area (Å²) in [5, 5.41) is 0. The summed E-state index contributed by atoms with van der Waals surface area (Å²) in [7, 11) is -5.49. The minimum Gasteiger partial charge on any atom is -0.462 e. The van der Waals surface area contributed by atoms with Gasteiger partial charge in [-0.15, -0.1) is 0 Å². The molecule has 0 aliphatic carbocycles. The molecule has 0 spiro atoms. The Morgan fingerprint density at radius 2 is 1.14 bits per heavy atom. The molecule has 0 N–H and O–H groups in total. The second kappa shape index (κ2) is 20.4. The first kappa shape index (κ1) is 42.2.